The molecule has 0 aromatic heterocycles. The van der Waals surface area contributed by atoms with E-state index in [-0.39, 0.29) is 17.3 Å². The predicted molar refractivity (Wildman–Crippen MR) is 55.9 cm³/mol. The molecular weight excluding hydrogens is 193 g/mol. The Morgan fingerprint density at radius 2 is 2.07 bits per heavy atom. The van der Waals surface area contributed by atoms with Gasteiger partial charge in [-0.3, -0.25) is 4.79 Å². The van der Waals surface area contributed by atoms with Crippen molar-refractivity contribution in [2.75, 3.05) is 0 Å². The van der Waals surface area contributed by atoms with Crippen molar-refractivity contribution >= 4 is 5.91 Å². The Kier molecular flexibility index (Phi) is 2.47. The Morgan fingerprint density at radius 3 is 2.60 bits per heavy atom. The highest BCUT2D eigenvalue weighted by atomic mass is 19.1. The van der Waals surface area contributed by atoms with E-state index in [1.807, 2.05) is 6.92 Å². The number of rotatable bonds is 2. The maximum Gasteiger partial charge on any atom is 0.220 e. The lowest BCUT2D eigenvalue weighted by molar-refractivity contribution is -0.119. The van der Waals surface area contributed by atoms with Gasteiger partial charge in [0.25, 0.3) is 0 Å². The van der Waals surface area contributed by atoms with Crippen molar-refractivity contribution in [3.05, 3.63) is 35.6 Å². The quantitative estimate of drug-likeness (QED) is 0.790. The highest BCUT2D eigenvalue weighted by Crippen LogP contribution is 2.24. The van der Waals surface area contributed by atoms with E-state index >= 15 is 0 Å². The zero-order valence-corrected chi connectivity index (χ0v) is 8.72. The summed E-state index contributed by atoms with van der Waals surface area (Å²) in [6.45, 7) is 2.03. The van der Waals surface area contributed by atoms with Crippen LogP contribution in [0.4, 0.5) is 4.39 Å². The van der Waals surface area contributed by atoms with Gasteiger partial charge in [0.05, 0.1) is 0 Å². The summed E-state index contributed by atoms with van der Waals surface area (Å²) in [6.07, 6.45) is 2.21. The normalized spacial score (nSPS) is 25.3. The number of carbonyl (C=O) groups is 1. The van der Waals surface area contributed by atoms with Crippen LogP contribution >= 0.6 is 0 Å². The Balaban J connectivity index is 2.08. The number of halogens is 1. The first-order valence-electron chi connectivity index (χ1n) is 5.13. The molecule has 1 fully saturated rings. The maximum atomic E-state index is 12.7. The van der Waals surface area contributed by atoms with Gasteiger partial charge in [-0.25, -0.2) is 4.39 Å². The monoisotopic (exact) mass is 207 g/mol. The average molecular weight is 207 g/mol. The molecule has 1 aromatic carbocycles. The van der Waals surface area contributed by atoms with Crippen molar-refractivity contribution in [3.63, 3.8) is 0 Å². The lowest BCUT2D eigenvalue weighted by Crippen LogP contribution is -2.40. The van der Waals surface area contributed by atoms with Gasteiger partial charge in [-0.05, 0) is 37.5 Å². The molecule has 0 aliphatic carbocycles. The Labute approximate surface area is 88.5 Å². The first-order valence-corrected chi connectivity index (χ1v) is 5.13. The lowest BCUT2D eigenvalue weighted by atomic mass is 9.91. The van der Waals surface area contributed by atoms with E-state index in [1.54, 1.807) is 12.1 Å². The van der Waals surface area contributed by atoms with Crippen LogP contribution < -0.4 is 5.32 Å². The van der Waals surface area contributed by atoms with Gasteiger partial charge in [0.1, 0.15) is 5.82 Å². The molecule has 1 aliphatic rings. The van der Waals surface area contributed by atoms with E-state index in [0.717, 1.165) is 18.4 Å². The molecule has 0 bridgehead atoms. The molecule has 1 amide bonds. The number of hydrogen-bond acceptors (Lipinski definition) is 1. The van der Waals surface area contributed by atoms with E-state index in [4.69, 9.17) is 0 Å². The first kappa shape index (κ1) is 10.1. The molecule has 1 saturated heterocycles. The fraction of sp³-hybridized carbons (Fsp3) is 0.417. The third-order valence-electron chi connectivity index (χ3n) is 2.85. The second-order valence-corrected chi connectivity index (χ2v) is 4.41. The molecule has 0 spiro atoms. The van der Waals surface area contributed by atoms with Crippen molar-refractivity contribution in [2.24, 2.45) is 0 Å². The molecule has 1 aliphatic heterocycles. The van der Waals surface area contributed by atoms with Gasteiger partial charge in [0.15, 0.2) is 0 Å². The van der Waals surface area contributed by atoms with Crippen molar-refractivity contribution in [2.45, 2.75) is 31.7 Å². The number of nitrogens with one attached hydrogen (secondary N) is 1. The molecule has 1 N–H and O–H groups in total. The van der Waals surface area contributed by atoms with Gasteiger partial charge in [-0.15, -0.1) is 0 Å². The van der Waals surface area contributed by atoms with Crippen LogP contribution in [-0.2, 0) is 11.2 Å². The summed E-state index contributed by atoms with van der Waals surface area (Å²) in [5.74, 6) is -0.112. The fourth-order valence-corrected chi connectivity index (χ4v) is 2.04. The summed E-state index contributed by atoms with van der Waals surface area (Å²) < 4.78 is 12.7. The van der Waals surface area contributed by atoms with Crippen molar-refractivity contribution in [3.8, 4) is 0 Å². The molecule has 1 atom stereocenters. The molecule has 2 rings (SSSR count). The van der Waals surface area contributed by atoms with Crippen molar-refractivity contribution < 1.29 is 9.18 Å². The number of amides is 1. The Bertz CT molecular complexity index is 374. The highest BCUT2D eigenvalue weighted by Gasteiger charge is 2.32. The highest BCUT2D eigenvalue weighted by molar-refractivity contribution is 5.79. The van der Waals surface area contributed by atoms with Crippen LogP contribution in [0.3, 0.4) is 0 Å². The van der Waals surface area contributed by atoms with Gasteiger partial charge in [0, 0.05) is 12.0 Å². The molecule has 1 aromatic rings. The van der Waals surface area contributed by atoms with Crippen LogP contribution in [0.2, 0.25) is 0 Å². The summed E-state index contributed by atoms with van der Waals surface area (Å²) in [6, 6.07) is 6.45. The van der Waals surface area contributed by atoms with E-state index in [1.165, 1.54) is 12.1 Å². The fourth-order valence-electron chi connectivity index (χ4n) is 2.04. The second kappa shape index (κ2) is 3.65. The molecule has 0 saturated carbocycles. The third-order valence-corrected chi connectivity index (χ3v) is 2.85. The molecule has 3 heteroatoms. The van der Waals surface area contributed by atoms with Crippen LogP contribution in [0.25, 0.3) is 0 Å². The summed E-state index contributed by atoms with van der Waals surface area (Å²) >= 11 is 0. The van der Waals surface area contributed by atoms with Gasteiger partial charge in [-0.2, -0.15) is 0 Å². The van der Waals surface area contributed by atoms with E-state index in [0.29, 0.717) is 6.42 Å². The molecular formula is C12H14FNO. The van der Waals surface area contributed by atoms with Gasteiger partial charge < -0.3 is 5.32 Å². The molecule has 1 heterocycles. The van der Waals surface area contributed by atoms with Gasteiger partial charge in [-0.1, -0.05) is 12.1 Å². The van der Waals surface area contributed by atoms with Crippen molar-refractivity contribution in [1.82, 2.24) is 5.32 Å². The molecule has 1 unspecified atom stereocenters. The summed E-state index contributed by atoms with van der Waals surface area (Å²) in [4.78, 5) is 11.1. The van der Waals surface area contributed by atoms with Crippen LogP contribution in [0.1, 0.15) is 25.3 Å². The Hall–Kier alpha value is -1.38. The van der Waals surface area contributed by atoms with Crippen LogP contribution in [-0.4, -0.2) is 11.4 Å². The molecule has 80 valence electrons. The predicted octanol–water partition coefficient (Wildman–Crippen LogP) is 2.04. The van der Waals surface area contributed by atoms with Gasteiger partial charge in [0.2, 0.25) is 5.91 Å². The summed E-state index contributed by atoms with van der Waals surface area (Å²) in [5.41, 5.74) is 0.899. The first-order chi connectivity index (χ1) is 7.07. The minimum atomic E-state index is -0.223. The van der Waals surface area contributed by atoms with Gasteiger partial charge >= 0.3 is 0 Å². The van der Waals surface area contributed by atoms with E-state index < -0.39 is 0 Å². The van der Waals surface area contributed by atoms with Crippen LogP contribution in [0.15, 0.2) is 24.3 Å². The van der Waals surface area contributed by atoms with Crippen molar-refractivity contribution in [1.29, 1.82) is 0 Å². The standard InChI is InChI=1S/C12H14FNO/c1-12(7-6-11(15)14-12)8-9-2-4-10(13)5-3-9/h2-5H,6-8H2,1H3,(H,14,15). The number of carbonyl (C=O) groups excluding carboxylic acids is 1. The average Bonchev–Trinajstić information content (AvgIpc) is 2.50. The second-order valence-electron chi connectivity index (χ2n) is 4.41. The minimum absolute atomic E-state index is 0.111. The SMILES string of the molecule is CC1(Cc2ccc(F)cc2)CCC(=O)N1. The third kappa shape index (κ3) is 2.35. The molecule has 0 radical (unpaired) electrons. The summed E-state index contributed by atoms with van der Waals surface area (Å²) in [5, 5.41) is 2.96. The number of benzene rings is 1. The minimum Gasteiger partial charge on any atom is -0.351 e. The van der Waals surface area contributed by atoms with Crippen LogP contribution in [0.5, 0.6) is 0 Å². The van der Waals surface area contributed by atoms with E-state index in [9.17, 15) is 9.18 Å². The molecule has 2 nitrogen and oxygen atoms in total. The van der Waals surface area contributed by atoms with Crippen LogP contribution in [0, 0.1) is 5.82 Å². The molecule has 15 heavy (non-hydrogen) atoms. The largest absolute Gasteiger partial charge is 0.351 e. The lowest BCUT2D eigenvalue weighted by Gasteiger charge is -2.23. The maximum absolute atomic E-state index is 12.7. The zero-order chi connectivity index (χ0) is 10.9. The Morgan fingerprint density at radius 1 is 1.40 bits per heavy atom. The topological polar surface area (TPSA) is 29.1 Å². The van der Waals surface area contributed by atoms with E-state index in [2.05, 4.69) is 5.32 Å². The summed E-state index contributed by atoms with van der Waals surface area (Å²) in [7, 11) is 0. The zero-order valence-electron chi connectivity index (χ0n) is 8.72. The number of hydrogen-bond donors (Lipinski definition) is 1. The smallest absolute Gasteiger partial charge is 0.220 e.